The highest BCUT2D eigenvalue weighted by atomic mass is 19.1. The zero-order valence-corrected chi connectivity index (χ0v) is 16.2. The lowest BCUT2D eigenvalue weighted by molar-refractivity contribution is 0.0697. The second-order valence-electron chi connectivity index (χ2n) is 7.26. The predicted octanol–water partition coefficient (Wildman–Crippen LogP) is 6.68. The molecule has 1 heterocycles. The molecule has 0 saturated heterocycles. The number of carbonyl (C=O) groups is 1. The summed E-state index contributed by atoms with van der Waals surface area (Å²) in [6.07, 6.45) is 3.35. The van der Waals surface area contributed by atoms with Crippen LogP contribution in [0, 0.1) is 5.82 Å². The lowest BCUT2D eigenvalue weighted by atomic mass is 10.0. The smallest absolute Gasteiger partial charge is 0.335 e. The summed E-state index contributed by atoms with van der Waals surface area (Å²) in [6, 6.07) is 20.2. The largest absolute Gasteiger partial charge is 0.478 e. The molecule has 0 spiro atoms. The predicted molar refractivity (Wildman–Crippen MR) is 115 cm³/mol. The number of carboxylic acids is 1. The van der Waals surface area contributed by atoms with Gasteiger partial charge in [0.1, 0.15) is 0 Å². The molecule has 4 aromatic rings. The zero-order chi connectivity index (χ0) is 20.4. The minimum absolute atomic E-state index is 0.223. The lowest BCUT2D eigenvalue weighted by Crippen LogP contribution is -1.94. The summed E-state index contributed by atoms with van der Waals surface area (Å²) in [4.78, 5) is 14.2. The third kappa shape index (κ3) is 3.79. The molecule has 0 aliphatic heterocycles. The SMILES string of the molecule is CCCCc1ccc(-c2ccc3cc(-c4ccc(C(=O)O)cc4)[nH]c3c2F)cc1. The minimum atomic E-state index is -0.968. The van der Waals surface area contributed by atoms with Gasteiger partial charge < -0.3 is 10.1 Å². The molecule has 0 radical (unpaired) electrons. The van der Waals surface area contributed by atoms with E-state index >= 15 is 4.39 Å². The molecule has 29 heavy (non-hydrogen) atoms. The number of hydrogen-bond acceptors (Lipinski definition) is 1. The molecule has 0 fully saturated rings. The van der Waals surface area contributed by atoms with Crippen molar-refractivity contribution in [2.24, 2.45) is 0 Å². The minimum Gasteiger partial charge on any atom is -0.478 e. The lowest BCUT2D eigenvalue weighted by Gasteiger charge is -2.06. The first kappa shape index (κ1) is 18.9. The first-order valence-corrected chi connectivity index (χ1v) is 9.81. The van der Waals surface area contributed by atoms with Gasteiger partial charge in [0.15, 0.2) is 5.82 Å². The van der Waals surface area contributed by atoms with E-state index in [0.29, 0.717) is 11.1 Å². The van der Waals surface area contributed by atoms with E-state index in [1.165, 1.54) is 5.56 Å². The van der Waals surface area contributed by atoms with Crippen molar-refractivity contribution in [2.75, 3.05) is 0 Å². The fraction of sp³-hybridized carbons (Fsp3) is 0.160. The maximum Gasteiger partial charge on any atom is 0.335 e. The van der Waals surface area contributed by atoms with Crippen LogP contribution in [0.15, 0.2) is 66.7 Å². The van der Waals surface area contributed by atoms with Crippen LogP contribution in [-0.2, 0) is 6.42 Å². The van der Waals surface area contributed by atoms with Gasteiger partial charge in [-0.15, -0.1) is 0 Å². The van der Waals surface area contributed by atoms with Crippen LogP contribution >= 0.6 is 0 Å². The molecule has 146 valence electrons. The average molecular weight is 387 g/mol. The Morgan fingerprint density at radius 2 is 1.66 bits per heavy atom. The Morgan fingerprint density at radius 3 is 2.31 bits per heavy atom. The van der Waals surface area contributed by atoms with Gasteiger partial charge in [-0.05, 0) is 47.7 Å². The van der Waals surface area contributed by atoms with E-state index in [1.54, 1.807) is 24.3 Å². The number of unbranched alkanes of at least 4 members (excludes halogenated alkanes) is 1. The molecule has 0 aliphatic carbocycles. The fourth-order valence-electron chi connectivity index (χ4n) is 3.57. The van der Waals surface area contributed by atoms with Crippen molar-refractivity contribution in [1.82, 2.24) is 4.98 Å². The molecule has 2 N–H and O–H groups in total. The molecule has 4 rings (SSSR count). The summed E-state index contributed by atoms with van der Waals surface area (Å²) in [5.74, 6) is -1.25. The number of nitrogens with one attached hydrogen (secondary N) is 1. The average Bonchev–Trinajstić information content (AvgIpc) is 3.18. The highest BCUT2D eigenvalue weighted by molar-refractivity contribution is 5.91. The van der Waals surface area contributed by atoms with Gasteiger partial charge in [0.25, 0.3) is 0 Å². The number of hydrogen-bond donors (Lipinski definition) is 2. The summed E-state index contributed by atoms with van der Waals surface area (Å²) in [7, 11) is 0. The quantitative estimate of drug-likeness (QED) is 0.388. The highest BCUT2D eigenvalue weighted by Crippen LogP contribution is 2.32. The fourth-order valence-corrected chi connectivity index (χ4v) is 3.57. The van der Waals surface area contributed by atoms with Gasteiger partial charge in [-0.1, -0.05) is 61.9 Å². The Morgan fingerprint density at radius 1 is 0.966 bits per heavy atom. The van der Waals surface area contributed by atoms with E-state index in [4.69, 9.17) is 5.11 Å². The number of aromatic nitrogens is 1. The number of aromatic amines is 1. The molecule has 3 aromatic carbocycles. The number of aromatic carboxylic acids is 1. The summed E-state index contributed by atoms with van der Waals surface area (Å²) in [5, 5.41) is 9.82. The van der Waals surface area contributed by atoms with Crippen LogP contribution in [0.1, 0.15) is 35.7 Å². The van der Waals surface area contributed by atoms with Gasteiger partial charge in [-0.3, -0.25) is 0 Å². The third-order valence-corrected chi connectivity index (χ3v) is 5.26. The Bertz CT molecular complexity index is 1160. The van der Waals surface area contributed by atoms with Gasteiger partial charge >= 0.3 is 5.97 Å². The van der Waals surface area contributed by atoms with Crippen LogP contribution in [0.4, 0.5) is 4.39 Å². The van der Waals surface area contributed by atoms with E-state index in [9.17, 15) is 4.79 Å². The van der Waals surface area contributed by atoms with Gasteiger partial charge in [0.05, 0.1) is 11.1 Å². The molecule has 4 heteroatoms. The maximum atomic E-state index is 15.2. The van der Waals surface area contributed by atoms with E-state index in [-0.39, 0.29) is 11.4 Å². The Labute approximate surface area is 168 Å². The molecule has 0 aliphatic rings. The molecule has 0 unspecified atom stereocenters. The molecule has 0 bridgehead atoms. The molecule has 0 amide bonds. The van der Waals surface area contributed by atoms with Crippen LogP contribution in [0.2, 0.25) is 0 Å². The van der Waals surface area contributed by atoms with Crippen LogP contribution in [0.3, 0.4) is 0 Å². The second-order valence-corrected chi connectivity index (χ2v) is 7.26. The van der Waals surface area contributed by atoms with E-state index in [2.05, 4.69) is 24.0 Å². The van der Waals surface area contributed by atoms with Crippen LogP contribution in [0.25, 0.3) is 33.3 Å². The van der Waals surface area contributed by atoms with Crippen molar-refractivity contribution >= 4 is 16.9 Å². The summed E-state index contributed by atoms with van der Waals surface area (Å²) in [6.45, 7) is 2.17. The normalized spacial score (nSPS) is 11.1. The third-order valence-electron chi connectivity index (χ3n) is 5.26. The van der Waals surface area contributed by atoms with Crippen molar-refractivity contribution in [2.45, 2.75) is 26.2 Å². The van der Waals surface area contributed by atoms with Gasteiger partial charge in [-0.2, -0.15) is 0 Å². The number of carboxylic acid groups (broad SMARTS) is 1. The summed E-state index contributed by atoms with van der Waals surface area (Å²) < 4.78 is 15.2. The summed E-state index contributed by atoms with van der Waals surface area (Å²) >= 11 is 0. The second kappa shape index (κ2) is 7.92. The molecule has 0 atom stereocenters. The first-order chi connectivity index (χ1) is 14.1. The molecule has 0 saturated carbocycles. The first-order valence-electron chi connectivity index (χ1n) is 9.81. The number of fused-ring (bicyclic) bond motifs is 1. The number of halogens is 1. The van der Waals surface area contributed by atoms with Crippen molar-refractivity contribution in [3.63, 3.8) is 0 Å². The molecule has 1 aromatic heterocycles. The van der Waals surface area contributed by atoms with E-state index in [1.807, 2.05) is 30.3 Å². The van der Waals surface area contributed by atoms with Crippen LogP contribution < -0.4 is 0 Å². The van der Waals surface area contributed by atoms with Gasteiger partial charge in [0, 0.05) is 16.6 Å². The molecular formula is C25H22FNO2. The maximum absolute atomic E-state index is 15.2. The van der Waals surface area contributed by atoms with E-state index in [0.717, 1.165) is 41.5 Å². The van der Waals surface area contributed by atoms with Crippen molar-refractivity contribution in [1.29, 1.82) is 0 Å². The number of benzene rings is 3. The Hall–Kier alpha value is -3.40. The monoisotopic (exact) mass is 387 g/mol. The van der Waals surface area contributed by atoms with E-state index < -0.39 is 5.97 Å². The van der Waals surface area contributed by atoms with Crippen LogP contribution in [0.5, 0.6) is 0 Å². The van der Waals surface area contributed by atoms with Crippen LogP contribution in [-0.4, -0.2) is 16.1 Å². The number of rotatable bonds is 6. The Balaban J connectivity index is 1.68. The number of H-pyrrole nitrogens is 1. The van der Waals surface area contributed by atoms with Crippen molar-refractivity contribution in [3.05, 3.63) is 83.7 Å². The molecule has 3 nitrogen and oxygen atoms in total. The van der Waals surface area contributed by atoms with Gasteiger partial charge in [0.2, 0.25) is 0 Å². The summed E-state index contributed by atoms with van der Waals surface area (Å²) in [5.41, 5.74) is 4.93. The number of aryl methyl sites for hydroxylation is 1. The topological polar surface area (TPSA) is 53.1 Å². The highest BCUT2D eigenvalue weighted by Gasteiger charge is 2.13. The van der Waals surface area contributed by atoms with Gasteiger partial charge in [-0.25, -0.2) is 9.18 Å². The Kier molecular flexibility index (Phi) is 5.17. The molecular weight excluding hydrogens is 365 g/mol. The standard InChI is InChI=1S/C25H22FNO2/c1-2-3-4-16-5-7-17(8-6-16)21-14-13-20-15-22(27-24(20)23(21)26)18-9-11-19(12-10-18)25(28)29/h5-15,27H,2-4H2,1H3,(H,28,29). The zero-order valence-electron chi connectivity index (χ0n) is 16.2. The van der Waals surface area contributed by atoms with Crippen molar-refractivity contribution in [3.8, 4) is 22.4 Å². The van der Waals surface area contributed by atoms with Crippen molar-refractivity contribution < 1.29 is 14.3 Å².